The Morgan fingerprint density at radius 2 is 1.58 bits per heavy atom. The van der Waals surface area contributed by atoms with E-state index in [0.717, 1.165) is 6.07 Å². The van der Waals surface area contributed by atoms with Crippen molar-refractivity contribution in [3.05, 3.63) is 47.3 Å². The van der Waals surface area contributed by atoms with Crippen LogP contribution in [0.3, 0.4) is 0 Å². The average Bonchev–Trinajstić information content (AvgIpc) is 2.65. The first-order valence-electron chi connectivity index (χ1n) is 7.38. The second kappa shape index (κ2) is 8.32. The van der Waals surface area contributed by atoms with Gasteiger partial charge in [0.25, 0.3) is 0 Å². The van der Waals surface area contributed by atoms with Crippen LogP contribution in [0.1, 0.15) is 5.56 Å². The van der Waals surface area contributed by atoms with Crippen molar-refractivity contribution >= 4 is 11.7 Å². The molecule has 0 aliphatic heterocycles. The molecule has 2 rings (SSSR count). The average molecular weight is 370 g/mol. The summed E-state index contributed by atoms with van der Waals surface area (Å²) in [5.41, 5.74) is 0.131. The summed E-state index contributed by atoms with van der Waals surface area (Å²) in [5.74, 6) is -3.29. The Balaban J connectivity index is 2.09. The number of hydrogen-bond acceptors (Lipinski definition) is 4. The summed E-state index contributed by atoms with van der Waals surface area (Å²) >= 11 is 0. The molecule has 140 valence electrons. The number of carbonyl (C=O) groups excluding carboxylic acids is 1. The number of urea groups is 1. The van der Waals surface area contributed by atoms with Crippen LogP contribution in [0.25, 0.3) is 0 Å². The lowest BCUT2D eigenvalue weighted by Gasteiger charge is -2.14. The first-order chi connectivity index (χ1) is 12.4. The van der Waals surface area contributed by atoms with Crippen molar-refractivity contribution < 1.29 is 32.2 Å². The molecular weight excluding hydrogens is 353 g/mol. The van der Waals surface area contributed by atoms with Gasteiger partial charge in [-0.15, -0.1) is 0 Å². The predicted octanol–water partition coefficient (Wildman–Crippen LogP) is 3.45. The van der Waals surface area contributed by atoms with Gasteiger partial charge in [-0.1, -0.05) is 0 Å². The summed E-state index contributed by atoms with van der Waals surface area (Å²) in [5, 5.41) is 4.57. The fourth-order valence-corrected chi connectivity index (χ4v) is 2.21. The summed E-state index contributed by atoms with van der Waals surface area (Å²) < 4.78 is 55.2. The molecule has 0 spiro atoms. The molecular formula is C17H17F3N2O4. The first-order valence-corrected chi connectivity index (χ1v) is 7.38. The highest BCUT2D eigenvalue weighted by Gasteiger charge is 2.16. The van der Waals surface area contributed by atoms with Gasteiger partial charge in [0.2, 0.25) is 5.75 Å². The Bertz CT molecular complexity index is 790. The van der Waals surface area contributed by atoms with E-state index in [1.165, 1.54) is 21.3 Å². The molecule has 0 atom stereocenters. The van der Waals surface area contributed by atoms with Crippen LogP contribution in [0.5, 0.6) is 17.2 Å². The molecule has 0 saturated heterocycles. The molecule has 0 saturated carbocycles. The van der Waals surface area contributed by atoms with Gasteiger partial charge in [0, 0.05) is 6.54 Å². The Morgan fingerprint density at radius 3 is 2.12 bits per heavy atom. The number of rotatable bonds is 6. The molecule has 0 aliphatic rings. The van der Waals surface area contributed by atoms with Gasteiger partial charge >= 0.3 is 6.03 Å². The van der Waals surface area contributed by atoms with E-state index in [1.807, 2.05) is 0 Å². The minimum atomic E-state index is -1.66. The number of benzene rings is 2. The fraction of sp³-hybridized carbons (Fsp3) is 0.235. The molecule has 0 fully saturated rings. The summed E-state index contributed by atoms with van der Waals surface area (Å²) in [6.07, 6.45) is 0. The Hall–Kier alpha value is -3.10. The normalized spacial score (nSPS) is 10.2. The molecule has 2 N–H and O–H groups in total. The van der Waals surface area contributed by atoms with Crippen molar-refractivity contribution in [2.75, 3.05) is 26.6 Å². The molecule has 0 bridgehead atoms. The van der Waals surface area contributed by atoms with Crippen LogP contribution in [0, 0.1) is 17.5 Å². The first kappa shape index (κ1) is 19.2. The number of methoxy groups -OCH3 is 3. The largest absolute Gasteiger partial charge is 0.493 e. The van der Waals surface area contributed by atoms with E-state index in [4.69, 9.17) is 14.2 Å². The zero-order valence-electron chi connectivity index (χ0n) is 14.3. The minimum absolute atomic E-state index is 0.0356. The number of nitrogens with one attached hydrogen (secondary N) is 2. The summed E-state index contributed by atoms with van der Waals surface area (Å²) in [6.45, 7) is 0.0356. The highest BCUT2D eigenvalue weighted by molar-refractivity contribution is 5.89. The molecule has 2 aromatic carbocycles. The number of anilines is 1. The lowest BCUT2D eigenvalue weighted by Crippen LogP contribution is -2.28. The lowest BCUT2D eigenvalue weighted by molar-refractivity contribution is 0.251. The van der Waals surface area contributed by atoms with E-state index in [-0.39, 0.29) is 6.54 Å². The van der Waals surface area contributed by atoms with Crippen LogP contribution in [0.4, 0.5) is 23.7 Å². The SMILES string of the molecule is COc1cc(CNC(=O)Nc2ccc(F)c(F)c2F)cc(OC)c1OC. The second-order valence-corrected chi connectivity index (χ2v) is 5.06. The smallest absolute Gasteiger partial charge is 0.319 e. The van der Waals surface area contributed by atoms with Crippen LogP contribution in [0.15, 0.2) is 24.3 Å². The van der Waals surface area contributed by atoms with E-state index >= 15 is 0 Å². The molecule has 2 amide bonds. The van der Waals surface area contributed by atoms with Gasteiger partial charge in [-0.2, -0.15) is 0 Å². The maximum Gasteiger partial charge on any atom is 0.319 e. The monoisotopic (exact) mass is 370 g/mol. The van der Waals surface area contributed by atoms with Gasteiger partial charge < -0.3 is 24.8 Å². The lowest BCUT2D eigenvalue weighted by atomic mass is 10.2. The van der Waals surface area contributed by atoms with Crippen LogP contribution in [-0.2, 0) is 6.54 Å². The quantitative estimate of drug-likeness (QED) is 0.765. The molecule has 0 radical (unpaired) electrons. The Morgan fingerprint density at radius 1 is 0.962 bits per heavy atom. The third kappa shape index (κ3) is 4.11. The number of halogens is 3. The van der Waals surface area contributed by atoms with Crippen molar-refractivity contribution in [1.29, 1.82) is 0 Å². The van der Waals surface area contributed by atoms with Crippen molar-refractivity contribution in [3.63, 3.8) is 0 Å². The van der Waals surface area contributed by atoms with Crippen LogP contribution >= 0.6 is 0 Å². The van der Waals surface area contributed by atoms with Crippen LogP contribution < -0.4 is 24.8 Å². The molecule has 9 heteroatoms. The van der Waals surface area contributed by atoms with Crippen LogP contribution in [0.2, 0.25) is 0 Å². The highest BCUT2D eigenvalue weighted by atomic mass is 19.2. The van der Waals surface area contributed by atoms with E-state index in [9.17, 15) is 18.0 Å². The molecule has 0 heterocycles. The summed E-state index contributed by atoms with van der Waals surface area (Å²) in [4.78, 5) is 11.9. The van der Waals surface area contributed by atoms with Gasteiger partial charge in [-0.3, -0.25) is 0 Å². The van der Waals surface area contributed by atoms with Gasteiger partial charge in [0.05, 0.1) is 27.0 Å². The molecule has 0 aromatic heterocycles. The molecule has 0 aliphatic carbocycles. The maximum absolute atomic E-state index is 13.6. The molecule has 26 heavy (non-hydrogen) atoms. The van der Waals surface area contributed by atoms with E-state index in [0.29, 0.717) is 28.9 Å². The fourth-order valence-electron chi connectivity index (χ4n) is 2.21. The number of amides is 2. The Kier molecular flexibility index (Phi) is 6.16. The van der Waals surface area contributed by atoms with Gasteiger partial charge in [-0.05, 0) is 29.8 Å². The number of carbonyl (C=O) groups is 1. The van der Waals surface area contributed by atoms with Gasteiger partial charge in [0.15, 0.2) is 29.0 Å². The number of ether oxygens (including phenoxy) is 3. The number of hydrogen-bond donors (Lipinski definition) is 2. The third-order valence-corrected chi connectivity index (χ3v) is 3.46. The minimum Gasteiger partial charge on any atom is -0.493 e. The zero-order valence-corrected chi connectivity index (χ0v) is 14.3. The van der Waals surface area contributed by atoms with Crippen LogP contribution in [-0.4, -0.2) is 27.4 Å². The van der Waals surface area contributed by atoms with Gasteiger partial charge in [0.1, 0.15) is 0 Å². The maximum atomic E-state index is 13.6. The standard InChI is InChI=1S/C17H17F3N2O4/c1-24-12-6-9(7-13(25-2)16(12)26-3)8-21-17(23)22-11-5-4-10(18)14(19)15(11)20/h4-7H,8H2,1-3H3,(H2,21,22,23). The van der Waals surface area contributed by atoms with Crippen molar-refractivity contribution in [3.8, 4) is 17.2 Å². The van der Waals surface area contributed by atoms with Crippen molar-refractivity contribution in [2.45, 2.75) is 6.54 Å². The summed E-state index contributed by atoms with van der Waals surface area (Å²) in [7, 11) is 4.36. The van der Waals surface area contributed by atoms with Crippen molar-refractivity contribution in [1.82, 2.24) is 5.32 Å². The molecule has 6 nitrogen and oxygen atoms in total. The Labute approximate surface area is 147 Å². The van der Waals surface area contributed by atoms with E-state index < -0.39 is 29.2 Å². The van der Waals surface area contributed by atoms with E-state index in [2.05, 4.69) is 10.6 Å². The molecule has 0 unspecified atom stereocenters. The molecule has 2 aromatic rings. The van der Waals surface area contributed by atoms with Gasteiger partial charge in [-0.25, -0.2) is 18.0 Å². The van der Waals surface area contributed by atoms with E-state index in [1.54, 1.807) is 12.1 Å². The zero-order chi connectivity index (χ0) is 19.3. The second-order valence-electron chi connectivity index (χ2n) is 5.06. The predicted molar refractivity (Wildman–Crippen MR) is 88.3 cm³/mol. The topological polar surface area (TPSA) is 68.8 Å². The van der Waals surface area contributed by atoms with Crippen molar-refractivity contribution in [2.24, 2.45) is 0 Å². The third-order valence-electron chi connectivity index (χ3n) is 3.46. The highest BCUT2D eigenvalue weighted by Crippen LogP contribution is 2.38. The summed E-state index contributed by atoms with van der Waals surface area (Å²) in [6, 6.07) is 4.09.